The van der Waals surface area contributed by atoms with Crippen molar-refractivity contribution in [3.8, 4) is 12.0 Å². The minimum atomic E-state index is -0.229. The molecule has 3 aromatic heterocycles. The van der Waals surface area contributed by atoms with Crippen LogP contribution in [0.1, 0.15) is 35.9 Å². The topological polar surface area (TPSA) is 105 Å². The highest BCUT2D eigenvalue weighted by atomic mass is 16.1. The number of hydrogen-bond donors (Lipinski definition) is 1. The van der Waals surface area contributed by atoms with Gasteiger partial charge in [-0.05, 0) is 36.1 Å². The van der Waals surface area contributed by atoms with Crippen molar-refractivity contribution < 1.29 is 0 Å². The summed E-state index contributed by atoms with van der Waals surface area (Å²) in [6.07, 6.45) is 4.71. The quantitative estimate of drug-likeness (QED) is 0.482. The summed E-state index contributed by atoms with van der Waals surface area (Å²) in [6.45, 7) is 0. The normalized spacial score (nSPS) is 18.2. The standard InChI is InChI=1S/C23H17N7O/c24-11-14-9-10-19(16-6-2-1-5-15(14)16)30-21-18(27-23(30)31)12-25-22(28-21)29-13-26-17-7-3-4-8-20(17)29/h1-8,12-14,19H,9-10H2,(H,27,31). The molecule has 1 N–H and O–H groups in total. The molecule has 2 atom stereocenters. The highest BCUT2D eigenvalue weighted by Crippen LogP contribution is 2.39. The zero-order valence-electron chi connectivity index (χ0n) is 16.4. The Balaban J connectivity index is 1.55. The van der Waals surface area contributed by atoms with Gasteiger partial charge in [-0.3, -0.25) is 9.13 Å². The third-order valence-corrected chi connectivity index (χ3v) is 6.04. The number of benzene rings is 2. The number of fused-ring (bicyclic) bond motifs is 3. The predicted octanol–water partition coefficient (Wildman–Crippen LogP) is 3.45. The van der Waals surface area contributed by atoms with Gasteiger partial charge in [0.15, 0.2) is 5.65 Å². The zero-order valence-corrected chi connectivity index (χ0v) is 16.4. The van der Waals surface area contributed by atoms with E-state index in [0.717, 1.165) is 22.2 Å². The molecule has 1 aliphatic carbocycles. The smallest absolute Gasteiger partial charge is 0.303 e. The molecule has 0 spiro atoms. The second kappa shape index (κ2) is 6.64. The van der Waals surface area contributed by atoms with Crippen LogP contribution >= 0.6 is 0 Å². The number of aromatic nitrogens is 6. The molecule has 0 saturated heterocycles. The zero-order chi connectivity index (χ0) is 20.9. The van der Waals surface area contributed by atoms with Gasteiger partial charge in [-0.1, -0.05) is 36.4 Å². The molecule has 0 saturated carbocycles. The van der Waals surface area contributed by atoms with Crippen molar-refractivity contribution in [1.29, 1.82) is 5.26 Å². The van der Waals surface area contributed by atoms with E-state index in [-0.39, 0.29) is 17.6 Å². The molecule has 8 nitrogen and oxygen atoms in total. The second-order valence-corrected chi connectivity index (χ2v) is 7.71. The maximum absolute atomic E-state index is 13.0. The number of nitrogens with zero attached hydrogens (tertiary/aromatic N) is 6. The lowest BCUT2D eigenvalue weighted by Crippen LogP contribution is -2.27. The molecule has 5 aromatic rings. The van der Waals surface area contributed by atoms with Crippen LogP contribution in [0.15, 0.2) is 65.8 Å². The maximum Gasteiger partial charge on any atom is 0.328 e. The minimum absolute atomic E-state index is 0.157. The largest absolute Gasteiger partial charge is 0.328 e. The van der Waals surface area contributed by atoms with E-state index in [1.54, 1.807) is 17.1 Å². The fourth-order valence-electron chi connectivity index (χ4n) is 4.60. The van der Waals surface area contributed by atoms with E-state index < -0.39 is 0 Å². The Morgan fingerprint density at radius 3 is 2.71 bits per heavy atom. The summed E-state index contributed by atoms with van der Waals surface area (Å²) in [4.78, 5) is 29.5. The summed E-state index contributed by atoms with van der Waals surface area (Å²) in [7, 11) is 0. The van der Waals surface area contributed by atoms with Crippen LogP contribution in [0.5, 0.6) is 0 Å². The van der Waals surface area contributed by atoms with E-state index in [1.807, 2.05) is 53.1 Å². The van der Waals surface area contributed by atoms with E-state index in [0.29, 0.717) is 30.0 Å². The number of hydrogen-bond acceptors (Lipinski definition) is 5. The molecule has 0 fully saturated rings. The minimum Gasteiger partial charge on any atom is -0.303 e. The third kappa shape index (κ3) is 2.60. The molecule has 0 amide bonds. The van der Waals surface area contributed by atoms with Crippen molar-refractivity contribution in [3.63, 3.8) is 0 Å². The summed E-state index contributed by atoms with van der Waals surface area (Å²) in [6, 6.07) is 17.8. The SMILES string of the molecule is N#CC1CCC(n2c(=O)[nH]c3cnc(-n4cnc5ccccc54)nc32)c2ccccc21. The molecule has 6 rings (SSSR count). The first-order valence-electron chi connectivity index (χ1n) is 10.1. The Kier molecular flexibility index (Phi) is 3.77. The van der Waals surface area contributed by atoms with Crippen LogP contribution in [0, 0.1) is 11.3 Å². The summed E-state index contributed by atoms with van der Waals surface area (Å²) in [5.41, 5.74) is 4.62. The highest BCUT2D eigenvalue weighted by Gasteiger charge is 2.30. The van der Waals surface area contributed by atoms with Crippen LogP contribution in [0.4, 0.5) is 0 Å². The number of para-hydroxylation sites is 2. The van der Waals surface area contributed by atoms with Gasteiger partial charge < -0.3 is 4.98 Å². The van der Waals surface area contributed by atoms with Crippen molar-refractivity contribution in [3.05, 3.63) is 82.7 Å². The summed E-state index contributed by atoms with van der Waals surface area (Å²) in [5, 5.41) is 9.56. The Labute approximate surface area is 176 Å². The molecule has 3 heterocycles. The summed E-state index contributed by atoms with van der Waals surface area (Å²) >= 11 is 0. The lowest BCUT2D eigenvalue weighted by atomic mass is 9.80. The Morgan fingerprint density at radius 2 is 1.84 bits per heavy atom. The number of H-pyrrole nitrogens is 1. The van der Waals surface area contributed by atoms with Gasteiger partial charge in [0.25, 0.3) is 0 Å². The van der Waals surface area contributed by atoms with Crippen LogP contribution in [0.3, 0.4) is 0 Å². The van der Waals surface area contributed by atoms with E-state index in [2.05, 4.69) is 21.0 Å². The molecule has 8 heteroatoms. The van der Waals surface area contributed by atoms with Crippen LogP contribution in [-0.2, 0) is 0 Å². The summed E-state index contributed by atoms with van der Waals surface area (Å²) in [5.74, 6) is 0.295. The first kappa shape index (κ1) is 17.6. The molecule has 0 aliphatic heterocycles. The first-order valence-corrected chi connectivity index (χ1v) is 10.1. The van der Waals surface area contributed by atoms with Crippen LogP contribution in [0.25, 0.3) is 28.1 Å². The molecular formula is C23H17N7O. The Morgan fingerprint density at radius 1 is 1.03 bits per heavy atom. The molecule has 1 aliphatic rings. The number of aromatic amines is 1. The van der Waals surface area contributed by atoms with Gasteiger partial charge in [0.2, 0.25) is 5.95 Å². The Bertz CT molecular complexity index is 1550. The second-order valence-electron chi connectivity index (χ2n) is 7.71. The molecule has 2 unspecified atom stereocenters. The first-order chi connectivity index (χ1) is 15.2. The van der Waals surface area contributed by atoms with Crippen LogP contribution in [0.2, 0.25) is 0 Å². The van der Waals surface area contributed by atoms with Gasteiger partial charge in [0.05, 0.1) is 35.3 Å². The van der Waals surface area contributed by atoms with E-state index in [4.69, 9.17) is 4.98 Å². The van der Waals surface area contributed by atoms with Crippen molar-refractivity contribution in [2.24, 2.45) is 0 Å². The maximum atomic E-state index is 13.0. The van der Waals surface area contributed by atoms with Crippen LogP contribution < -0.4 is 5.69 Å². The van der Waals surface area contributed by atoms with E-state index in [9.17, 15) is 10.1 Å². The van der Waals surface area contributed by atoms with Crippen LogP contribution in [-0.4, -0.2) is 29.1 Å². The average Bonchev–Trinajstić information content (AvgIpc) is 3.38. The van der Waals surface area contributed by atoms with Crippen molar-refractivity contribution in [2.75, 3.05) is 0 Å². The van der Waals surface area contributed by atoms with E-state index in [1.165, 1.54) is 0 Å². The molecule has 2 aromatic carbocycles. The molecular weight excluding hydrogens is 390 g/mol. The van der Waals surface area contributed by atoms with Crippen molar-refractivity contribution >= 4 is 22.2 Å². The average molecular weight is 407 g/mol. The Hall–Kier alpha value is -4.25. The fraction of sp³-hybridized carbons (Fsp3) is 0.174. The molecule has 150 valence electrons. The molecule has 31 heavy (non-hydrogen) atoms. The van der Waals surface area contributed by atoms with Gasteiger partial charge in [0.1, 0.15) is 11.8 Å². The van der Waals surface area contributed by atoms with Gasteiger partial charge in [0, 0.05) is 0 Å². The van der Waals surface area contributed by atoms with E-state index >= 15 is 0 Å². The highest BCUT2D eigenvalue weighted by molar-refractivity contribution is 5.77. The lowest BCUT2D eigenvalue weighted by Gasteiger charge is -2.29. The lowest BCUT2D eigenvalue weighted by molar-refractivity contribution is 0.470. The number of nitriles is 1. The van der Waals surface area contributed by atoms with Gasteiger partial charge in [-0.25, -0.2) is 14.8 Å². The number of imidazole rings is 2. The monoisotopic (exact) mass is 407 g/mol. The molecule has 0 radical (unpaired) electrons. The number of nitrogens with one attached hydrogen (secondary N) is 1. The third-order valence-electron chi connectivity index (χ3n) is 6.04. The summed E-state index contributed by atoms with van der Waals surface area (Å²) < 4.78 is 3.52. The van der Waals surface area contributed by atoms with Gasteiger partial charge in [-0.2, -0.15) is 10.2 Å². The number of rotatable bonds is 2. The van der Waals surface area contributed by atoms with Crippen molar-refractivity contribution in [2.45, 2.75) is 24.8 Å². The van der Waals surface area contributed by atoms with Gasteiger partial charge in [-0.15, -0.1) is 0 Å². The van der Waals surface area contributed by atoms with Gasteiger partial charge >= 0.3 is 5.69 Å². The molecule has 0 bridgehead atoms. The predicted molar refractivity (Wildman–Crippen MR) is 115 cm³/mol. The fourth-order valence-corrected chi connectivity index (χ4v) is 4.60. The van der Waals surface area contributed by atoms with Crippen molar-refractivity contribution in [1.82, 2.24) is 29.1 Å².